The summed E-state index contributed by atoms with van der Waals surface area (Å²) in [5.74, 6) is -0.120. The zero-order valence-electron chi connectivity index (χ0n) is 12.5. The van der Waals surface area contributed by atoms with Gasteiger partial charge in [-0.2, -0.15) is 0 Å². The lowest BCUT2D eigenvalue weighted by Crippen LogP contribution is -2.32. The summed E-state index contributed by atoms with van der Waals surface area (Å²) in [5, 5.41) is 13.4. The van der Waals surface area contributed by atoms with Gasteiger partial charge < -0.3 is 10.4 Å². The second-order valence-corrected chi connectivity index (χ2v) is 6.48. The summed E-state index contributed by atoms with van der Waals surface area (Å²) in [7, 11) is 0. The van der Waals surface area contributed by atoms with Crippen molar-refractivity contribution < 1.29 is 9.90 Å². The van der Waals surface area contributed by atoms with Crippen molar-refractivity contribution >= 4 is 17.2 Å². The molecule has 112 valence electrons. The minimum atomic E-state index is -0.376. The van der Waals surface area contributed by atoms with Crippen LogP contribution in [0.2, 0.25) is 0 Å². The van der Waals surface area contributed by atoms with Gasteiger partial charge in [-0.1, -0.05) is 24.3 Å². The Morgan fingerprint density at radius 3 is 2.62 bits per heavy atom. The molecule has 2 aromatic rings. The zero-order chi connectivity index (χ0) is 15.4. The molecule has 0 saturated carbocycles. The standard InChI is InChI=1S/C16H20N2O2S/c1-10-6-4-5-7-13(10)15(9-19)18-16(20)8-14-11(2)21-12(3)17-14/h4-7,15,19H,8-9H2,1-3H3,(H,18,20). The third-order valence-electron chi connectivity index (χ3n) is 3.41. The van der Waals surface area contributed by atoms with E-state index in [0.29, 0.717) is 0 Å². The Morgan fingerprint density at radius 2 is 2.05 bits per heavy atom. The number of aliphatic hydroxyl groups is 1. The van der Waals surface area contributed by atoms with Crippen molar-refractivity contribution in [2.45, 2.75) is 33.2 Å². The molecule has 0 bridgehead atoms. The Bertz CT molecular complexity index is 637. The van der Waals surface area contributed by atoms with Gasteiger partial charge in [-0.3, -0.25) is 4.79 Å². The number of rotatable bonds is 5. The number of hydrogen-bond acceptors (Lipinski definition) is 4. The highest BCUT2D eigenvalue weighted by atomic mass is 32.1. The van der Waals surface area contributed by atoms with Crippen LogP contribution in [-0.2, 0) is 11.2 Å². The summed E-state index contributed by atoms with van der Waals surface area (Å²) in [5.41, 5.74) is 2.81. The molecule has 2 rings (SSSR count). The van der Waals surface area contributed by atoms with Crippen molar-refractivity contribution in [2.75, 3.05) is 6.61 Å². The Labute approximate surface area is 128 Å². The molecule has 0 aliphatic carbocycles. The van der Waals surface area contributed by atoms with Crippen LogP contribution < -0.4 is 5.32 Å². The molecule has 0 aliphatic heterocycles. The summed E-state index contributed by atoms with van der Waals surface area (Å²) in [6.45, 7) is 5.75. The van der Waals surface area contributed by atoms with E-state index in [-0.39, 0.29) is 25.0 Å². The number of benzene rings is 1. The van der Waals surface area contributed by atoms with Gasteiger partial charge in [-0.15, -0.1) is 11.3 Å². The summed E-state index contributed by atoms with van der Waals surface area (Å²) in [4.78, 5) is 17.6. The molecule has 0 aliphatic rings. The van der Waals surface area contributed by atoms with E-state index in [9.17, 15) is 9.90 Å². The van der Waals surface area contributed by atoms with Gasteiger partial charge in [0.05, 0.1) is 29.8 Å². The number of amides is 1. The van der Waals surface area contributed by atoms with Gasteiger partial charge in [0.1, 0.15) is 0 Å². The summed E-state index contributed by atoms with van der Waals surface area (Å²) in [6, 6.07) is 7.37. The molecule has 1 amide bonds. The Kier molecular flexibility index (Phi) is 5.09. The first-order valence-electron chi connectivity index (χ1n) is 6.90. The first kappa shape index (κ1) is 15.7. The van der Waals surface area contributed by atoms with Gasteiger partial charge in [0.15, 0.2) is 0 Å². The summed E-state index contributed by atoms with van der Waals surface area (Å²) < 4.78 is 0. The van der Waals surface area contributed by atoms with E-state index in [4.69, 9.17) is 0 Å². The van der Waals surface area contributed by atoms with Crippen molar-refractivity contribution in [3.63, 3.8) is 0 Å². The molecule has 0 saturated heterocycles. The predicted molar refractivity (Wildman–Crippen MR) is 84.4 cm³/mol. The minimum absolute atomic E-state index is 0.119. The molecule has 0 radical (unpaired) electrons. The number of aliphatic hydroxyl groups excluding tert-OH is 1. The van der Waals surface area contributed by atoms with Crippen LogP contribution in [0.15, 0.2) is 24.3 Å². The fraction of sp³-hybridized carbons (Fsp3) is 0.375. The van der Waals surface area contributed by atoms with E-state index in [1.165, 1.54) is 0 Å². The first-order chi connectivity index (χ1) is 10.0. The summed E-state index contributed by atoms with van der Waals surface area (Å²) in [6.07, 6.45) is 0.249. The smallest absolute Gasteiger partial charge is 0.226 e. The zero-order valence-corrected chi connectivity index (χ0v) is 13.3. The lowest BCUT2D eigenvalue weighted by molar-refractivity contribution is -0.121. The van der Waals surface area contributed by atoms with Crippen LogP contribution in [0.4, 0.5) is 0 Å². The maximum atomic E-state index is 12.2. The lowest BCUT2D eigenvalue weighted by Gasteiger charge is -2.18. The normalized spacial score (nSPS) is 12.2. The third kappa shape index (κ3) is 3.89. The Hall–Kier alpha value is -1.72. The highest BCUT2D eigenvalue weighted by Gasteiger charge is 2.17. The van der Waals surface area contributed by atoms with Crippen molar-refractivity contribution in [1.29, 1.82) is 0 Å². The SMILES string of the molecule is Cc1nc(CC(=O)NC(CO)c2ccccc2C)c(C)s1. The van der Waals surface area contributed by atoms with E-state index < -0.39 is 0 Å². The van der Waals surface area contributed by atoms with E-state index in [0.717, 1.165) is 26.7 Å². The average molecular weight is 304 g/mol. The molecule has 5 heteroatoms. The molecule has 1 aromatic heterocycles. The molecule has 1 heterocycles. The number of carbonyl (C=O) groups excluding carboxylic acids is 1. The van der Waals surface area contributed by atoms with Crippen LogP contribution in [0.25, 0.3) is 0 Å². The van der Waals surface area contributed by atoms with Crippen LogP contribution in [0.3, 0.4) is 0 Å². The molecule has 21 heavy (non-hydrogen) atoms. The second kappa shape index (κ2) is 6.83. The first-order valence-corrected chi connectivity index (χ1v) is 7.71. The van der Waals surface area contributed by atoms with Gasteiger partial charge in [-0.25, -0.2) is 4.98 Å². The van der Waals surface area contributed by atoms with Crippen LogP contribution >= 0.6 is 11.3 Å². The third-order valence-corrected chi connectivity index (χ3v) is 4.34. The number of aryl methyl sites for hydroxylation is 3. The van der Waals surface area contributed by atoms with Crippen molar-refractivity contribution in [3.05, 3.63) is 51.0 Å². The number of nitrogens with one attached hydrogen (secondary N) is 1. The van der Waals surface area contributed by atoms with Crippen molar-refractivity contribution in [3.8, 4) is 0 Å². The van der Waals surface area contributed by atoms with E-state index >= 15 is 0 Å². The van der Waals surface area contributed by atoms with Gasteiger partial charge in [0.25, 0.3) is 0 Å². The average Bonchev–Trinajstić information content (AvgIpc) is 2.75. The quantitative estimate of drug-likeness (QED) is 0.892. The van der Waals surface area contributed by atoms with E-state index in [1.54, 1.807) is 11.3 Å². The topological polar surface area (TPSA) is 62.2 Å². The molecule has 1 unspecified atom stereocenters. The summed E-state index contributed by atoms with van der Waals surface area (Å²) >= 11 is 1.59. The van der Waals surface area contributed by atoms with Crippen molar-refractivity contribution in [2.24, 2.45) is 0 Å². The molecule has 2 N–H and O–H groups in total. The van der Waals surface area contributed by atoms with Gasteiger partial charge in [0.2, 0.25) is 5.91 Å². The molecule has 0 fully saturated rings. The van der Waals surface area contributed by atoms with Crippen molar-refractivity contribution in [1.82, 2.24) is 10.3 Å². The number of carbonyl (C=O) groups is 1. The lowest BCUT2D eigenvalue weighted by atomic mass is 10.0. The fourth-order valence-corrected chi connectivity index (χ4v) is 3.17. The minimum Gasteiger partial charge on any atom is -0.394 e. The molecular weight excluding hydrogens is 284 g/mol. The van der Waals surface area contributed by atoms with Gasteiger partial charge in [0, 0.05) is 4.88 Å². The van der Waals surface area contributed by atoms with Gasteiger partial charge in [-0.05, 0) is 31.9 Å². The second-order valence-electron chi connectivity index (χ2n) is 5.07. The van der Waals surface area contributed by atoms with Crippen LogP contribution in [0, 0.1) is 20.8 Å². The monoisotopic (exact) mass is 304 g/mol. The molecule has 0 spiro atoms. The number of nitrogens with zero attached hydrogens (tertiary/aromatic N) is 1. The predicted octanol–water partition coefficient (Wildman–Crippen LogP) is 2.46. The van der Waals surface area contributed by atoms with E-state index in [2.05, 4.69) is 10.3 Å². The molecule has 4 nitrogen and oxygen atoms in total. The Morgan fingerprint density at radius 1 is 1.33 bits per heavy atom. The number of hydrogen-bond donors (Lipinski definition) is 2. The number of thiazole rings is 1. The van der Waals surface area contributed by atoms with E-state index in [1.807, 2.05) is 45.0 Å². The van der Waals surface area contributed by atoms with Crippen LogP contribution in [0.1, 0.15) is 32.7 Å². The molecule has 1 atom stereocenters. The van der Waals surface area contributed by atoms with Crippen LogP contribution in [-0.4, -0.2) is 22.6 Å². The van der Waals surface area contributed by atoms with Crippen LogP contribution in [0.5, 0.6) is 0 Å². The molecular formula is C16H20N2O2S. The molecule has 1 aromatic carbocycles. The maximum Gasteiger partial charge on any atom is 0.226 e. The van der Waals surface area contributed by atoms with Gasteiger partial charge >= 0.3 is 0 Å². The fourth-order valence-electron chi connectivity index (χ4n) is 2.33. The Balaban J connectivity index is 2.07. The maximum absolute atomic E-state index is 12.2. The highest BCUT2D eigenvalue weighted by molar-refractivity contribution is 7.11. The largest absolute Gasteiger partial charge is 0.394 e. The number of aromatic nitrogens is 1. The highest BCUT2D eigenvalue weighted by Crippen LogP contribution is 2.19.